The summed E-state index contributed by atoms with van der Waals surface area (Å²) >= 11 is 0. The molecule has 0 aliphatic carbocycles. The van der Waals surface area contributed by atoms with Gasteiger partial charge in [-0.1, -0.05) is 91.0 Å². The number of nitrogens with one attached hydrogen (secondary N) is 1. The molecule has 4 aromatic carbocycles. The van der Waals surface area contributed by atoms with Gasteiger partial charge in [0, 0.05) is 11.3 Å². The number of benzene rings is 4. The van der Waals surface area contributed by atoms with E-state index in [2.05, 4.69) is 5.32 Å². The highest BCUT2D eigenvalue weighted by Gasteiger charge is 2.74. The number of ether oxygens (including phenoxy) is 4. The predicted octanol–water partition coefficient (Wildman–Crippen LogP) is 3.32. The van der Waals surface area contributed by atoms with Gasteiger partial charge in [-0.25, -0.2) is 0 Å². The van der Waals surface area contributed by atoms with Crippen LogP contribution in [-0.4, -0.2) is 73.2 Å². The van der Waals surface area contributed by atoms with E-state index >= 15 is 4.79 Å². The standard InChI is InChI=1S/C41H39N3O10/c1-51-37(47)27(38(48)52-2)21-23-17-18-29-28(22-23)41(40(50)43-29)31(36(42)46)33-39(49)54-34(25-13-7-4-8-14-25)32(24-11-5-3-6-12-24)44(33)35(41)26-15-9-10-16-30(26)53-20-19-45/h3-18,22,27,31-35,45H,19-21H2,1-2H3,(H2,42,46)(H,43,50)/t31-,32-,33-,34?,35+,41-/m0/s1. The van der Waals surface area contributed by atoms with E-state index in [9.17, 15) is 24.3 Å². The highest BCUT2D eigenvalue weighted by molar-refractivity contribution is 6.12. The number of para-hydroxylation sites is 1. The Labute approximate surface area is 310 Å². The number of fused-ring (bicyclic) bond motifs is 3. The zero-order chi connectivity index (χ0) is 38.1. The molecule has 0 aromatic heterocycles. The van der Waals surface area contributed by atoms with Crippen molar-refractivity contribution in [1.82, 2.24) is 4.90 Å². The minimum Gasteiger partial charge on any atom is -0.491 e. The van der Waals surface area contributed by atoms with Crippen LogP contribution in [0.1, 0.15) is 46.0 Å². The number of amides is 2. The number of morpholine rings is 1. The Balaban J connectivity index is 1.53. The van der Waals surface area contributed by atoms with Crippen molar-refractivity contribution in [3.63, 3.8) is 0 Å². The summed E-state index contributed by atoms with van der Waals surface area (Å²) in [5.74, 6) is -6.38. The second-order valence-electron chi connectivity index (χ2n) is 13.4. The lowest BCUT2D eigenvalue weighted by Gasteiger charge is -2.46. The maximum Gasteiger partial charge on any atom is 0.324 e. The number of primary amides is 1. The number of hydrogen-bond acceptors (Lipinski definition) is 11. The second-order valence-corrected chi connectivity index (χ2v) is 13.4. The lowest BCUT2D eigenvalue weighted by molar-refractivity contribution is -0.178. The second kappa shape index (κ2) is 14.8. The molecule has 2 fully saturated rings. The molecule has 54 heavy (non-hydrogen) atoms. The highest BCUT2D eigenvalue weighted by Crippen LogP contribution is 2.65. The SMILES string of the molecule is COC(=O)C(Cc1ccc2c(c1)[C@]1(C(=O)N2)[C@H](C(N)=O)[C@H]2C(=O)OC(c3ccccc3)[C@H](c3ccccc3)N2[C@@H]1c1ccccc1OCCO)C(=O)OC. The van der Waals surface area contributed by atoms with E-state index in [0.717, 1.165) is 19.8 Å². The molecule has 0 radical (unpaired) electrons. The summed E-state index contributed by atoms with van der Waals surface area (Å²) < 4.78 is 22.2. The van der Waals surface area contributed by atoms with Gasteiger partial charge in [-0.3, -0.25) is 28.9 Å². The van der Waals surface area contributed by atoms with Gasteiger partial charge < -0.3 is 35.1 Å². The number of carbonyl (C=O) groups excluding carboxylic acids is 5. The number of anilines is 1. The van der Waals surface area contributed by atoms with Gasteiger partial charge in [-0.05, 0) is 40.8 Å². The minimum atomic E-state index is -1.88. The molecule has 1 spiro atoms. The van der Waals surface area contributed by atoms with E-state index in [4.69, 9.17) is 24.7 Å². The molecule has 6 atom stereocenters. The fraction of sp³-hybridized carbons (Fsp3) is 0.293. The number of cyclic esters (lactones) is 1. The van der Waals surface area contributed by atoms with Crippen LogP contribution in [0.4, 0.5) is 5.69 Å². The molecule has 4 aromatic rings. The summed E-state index contributed by atoms with van der Waals surface area (Å²) in [5, 5.41) is 12.7. The van der Waals surface area contributed by atoms with Crippen molar-refractivity contribution in [1.29, 1.82) is 0 Å². The van der Waals surface area contributed by atoms with Gasteiger partial charge >= 0.3 is 17.9 Å². The highest BCUT2D eigenvalue weighted by atomic mass is 16.6. The first kappa shape index (κ1) is 36.3. The Morgan fingerprint density at radius 2 is 1.50 bits per heavy atom. The molecule has 3 aliphatic rings. The normalized spacial score (nSPS) is 24.3. The molecular formula is C41H39N3O10. The van der Waals surface area contributed by atoms with Crippen molar-refractivity contribution in [2.45, 2.75) is 36.1 Å². The van der Waals surface area contributed by atoms with E-state index in [1.54, 1.807) is 42.5 Å². The molecule has 2 saturated heterocycles. The average molecular weight is 734 g/mol. The Hall–Kier alpha value is -6.05. The molecule has 0 bridgehead atoms. The molecule has 3 aliphatic heterocycles. The predicted molar refractivity (Wildman–Crippen MR) is 193 cm³/mol. The van der Waals surface area contributed by atoms with Gasteiger partial charge in [0.2, 0.25) is 11.8 Å². The number of nitrogens with zero attached hydrogens (tertiary/aromatic N) is 1. The van der Waals surface area contributed by atoms with Crippen LogP contribution in [0.25, 0.3) is 0 Å². The fourth-order valence-electron chi connectivity index (χ4n) is 8.54. The smallest absolute Gasteiger partial charge is 0.324 e. The summed E-state index contributed by atoms with van der Waals surface area (Å²) in [4.78, 5) is 71.1. The number of esters is 3. The number of rotatable bonds is 11. The van der Waals surface area contributed by atoms with E-state index in [0.29, 0.717) is 33.7 Å². The third-order valence-electron chi connectivity index (χ3n) is 10.7. The maximum absolute atomic E-state index is 15.0. The first-order valence-electron chi connectivity index (χ1n) is 17.5. The molecular weight excluding hydrogens is 694 g/mol. The molecule has 0 saturated carbocycles. The summed E-state index contributed by atoms with van der Waals surface area (Å²) in [6.45, 7) is -0.380. The molecule has 1 unspecified atom stereocenters. The Bertz CT molecular complexity index is 2080. The van der Waals surface area contributed by atoms with Gasteiger partial charge in [0.15, 0.2) is 5.92 Å². The maximum atomic E-state index is 15.0. The zero-order valence-corrected chi connectivity index (χ0v) is 29.5. The van der Waals surface area contributed by atoms with Crippen molar-refractivity contribution >= 4 is 35.4 Å². The largest absolute Gasteiger partial charge is 0.491 e. The average Bonchev–Trinajstić information content (AvgIpc) is 3.67. The van der Waals surface area contributed by atoms with Gasteiger partial charge in [-0.2, -0.15) is 0 Å². The van der Waals surface area contributed by atoms with Crippen molar-refractivity contribution in [2.75, 3.05) is 32.8 Å². The number of hydrogen-bond donors (Lipinski definition) is 3. The summed E-state index contributed by atoms with van der Waals surface area (Å²) in [6.07, 6.45) is -1.04. The van der Waals surface area contributed by atoms with Gasteiger partial charge in [0.05, 0.1) is 38.8 Å². The van der Waals surface area contributed by atoms with Crippen LogP contribution in [0.15, 0.2) is 103 Å². The first-order chi connectivity index (χ1) is 26.2. The monoisotopic (exact) mass is 733 g/mol. The summed E-state index contributed by atoms with van der Waals surface area (Å²) in [7, 11) is 2.33. The molecule has 13 heteroatoms. The van der Waals surface area contributed by atoms with Crippen LogP contribution in [0.2, 0.25) is 0 Å². The van der Waals surface area contributed by atoms with Crippen molar-refractivity contribution in [3.05, 3.63) is 131 Å². The van der Waals surface area contributed by atoms with E-state index in [-0.39, 0.29) is 19.6 Å². The number of aliphatic hydroxyl groups is 1. The van der Waals surface area contributed by atoms with E-state index in [1.807, 2.05) is 65.6 Å². The Morgan fingerprint density at radius 1 is 0.870 bits per heavy atom. The van der Waals surface area contributed by atoms with Gasteiger partial charge in [0.25, 0.3) is 0 Å². The zero-order valence-electron chi connectivity index (χ0n) is 29.5. The molecule has 13 nitrogen and oxygen atoms in total. The van der Waals surface area contributed by atoms with E-state index < -0.39 is 71.2 Å². The van der Waals surface area contributed by atoms with Crippen molar-refractivity contribution in [2.24, 2.45) is 17.6 Å². The minimum absolute atomic E-state index is 0.0778. The fourth-order valence-corrected chi connectivity index (χ4v) is 8.54. The molecule has 2 amide bonds. The van der Waals surface area contributed by atoms with E-state index in [1.165, 1.54) is 0 Å². The van der Waals surface area contributed by atoms with Crippen molar-refractivity contribution in [3.8, 4) is 5.75 Å². The van der Waals surface area contributed by atoms with Crippen LogP contribution in [0.3, 0.4) is 0 Å². The number of carbonyl (C=O) groups is 5. The van der Waals surface area contributed by atoms with Crippen LogP contribution in [0.5, 0.6) is 5.75 Å². The number of methoxy groups -OCH3 is 2. The van der Waals surface area contributed by atoms with Crippen molar-refractivity contribution < 1.29 is 48.0 Å². The van der Waals surface area contributed by atoms with Crippen LogP contribution < -0.4 is 15.8 Å². The summed E-state index contributed by atoms with van der Waals surface area (Å²) in [6, 6.07) is 27.3. The van der Waals surface area contributed by atoms with Crippen LogP contribution >= 0.6 is 0 Å². The number of nitrogens with two attached hydrogens (primary N) is 1. The molecule has 278 valence electrons. The van der Waals surface area contributed by atoms with Gasteiger partial charge in [0.1, 0.15) is 29.9 Å². The van der Waals surface area contributed by atoms with Crippen LogP contribution in [-0.2, 0) is 50.0 Å². The number of aliphatic hydroxyl groups excluding tert-OH is 1. The Morgan fingerprint density at radius 3 is 2.13 bits per heavy atom. The first-order valence-corrected chi connectivity index (χ1v) is 17.5. The Kier molecular flexibility index (Phi) is 9.93. The lowest BCUT2D eigenvalue weighted by atomic mass is 9.65. The molecule has 3 heterocycles. The lowest BCUT2D eigenvalue weighted by Crippen LogP contribution is -2.53. The third kappa shape index (κ3) is 5.85. The molecule has 4 N–H and O–H groups in total. The molecule has 7 rings (SSSR count). The third-order valence-corrected chi connectivity index (χ3v) is 10.7. The van der Waals surface area contributed by atoms with Crippen LogP contribution in [0, 0.1) is 11.8 Å². The van der Waals surface area contributed by atoms with Gasteiger partial charge in [-0.15, -0.1) is 0 Å². The topological polar surface area (TPSA) is 184 Å². The summed E-state index contributed by atoms with van der Waals surface area (Å²) in [5.41, 5.74) is 7.46. The quantitative estimate of drug-likeness (QED) is 0.117.